The molecule has 2 aromatic rings. The molecule has 0 unspecified atom stereocenters. The van der Waals surface area contributed by atoms with Crippen molar-refractivity contribution < 1.29 is 14.3 Å². The predicted octanol–water partition coefficient (Wildman–Crippen LogP) is 4.04. The minimum absolute atomic E-state index is 0.154. The Labute approximate surface area is 159 Å². The number of allylic oxidation sites excluding steroid dienone is 2. The molecule has 0 aliphatic heterocycles. The van der Waals surface area contributed by atoms with Crippen molar-refractivity contribution in [2.24, 2.45) is 5.92 Å². The summed E-state index contributed by atoms with van der Waals surface area (Å²) >= 11 is 0. The molecule has 1 aliphatic rings. The molecule has 3 rings (SSSR count). The number of nitrogens with zero attached hydrogens (tertiary/aromatic N) is 1. The van der Waals surface area contributed by atoms with Crippen LogP contribution in [0.1, 0.15) is 24.8 Å². The van der Waals surface area contributed by atoms with Crippen molar-refractivity contribution in [1.82, 2.24) is 15.6 Å². The van der Waals surface area contributed by atoms with Crippen LogP contribution in [0, 0.1) is 5.92 Å². The van der Waals surface area contributed by atoms with E-state index in [-0.39, 0.29) is 6.03 Å². The quantitative estimate of drug-likeness (QED) is 0.725. The molecule has 0 saturated heterocycles. The van der Waals surface area contributed by atoms with Crippen molar-refractivity contribution in [2.45, 2.75) is 25.8 Å². The second-order valence-electron chi connectivity index (χ2n) is 6.49. The van der Waals surface area contributed by atoms with Crippen LogP contribution in [0.4, 0.5) is 4.79 Å². The van der Waals surface area contributed by atoms with Crippen molar-refractivity contribution in [3.8, 4) is 17.4 Å². The van der Waals surface area contributed by atoms with Crippen molar-refractivity contribution in [3.63, 3.8) is 0 Å². The highest BCUT2D eigenvalue weighted by molar-refractivity contribution is 5.73. The maximum Gasteiger partial charge on any atom is 0.315 e. The molecule has 6 heteroatoms. The van der Waals surface area contributed by atoms with E-state index in [4.69, 9.17) is 9.47 Å². The standard InChI is InChI=1S/C21H25N3O3/c1-26-18-7-9-19(10-8-18)27-20-13-17(11-12-22-20)15-24-21(25)23-14-16-5-3-2-4-6-16/h2-3,7-13,16H,4-6,14-15H2,1H3,(H2,23,24,25)/t16-/m0/s1. The van der Waals surface area contributed by atoms with Crippen LogP contribution in [0.15, 0.2) is 54.7 Å². The maximum atomic E-state index is 12.0. The first-order chi connectivity index (χ1) is 13.2. The van der Waals surface area contributed by atoms with Crippen LogP contribution in [0.5, 0.6) is 17.4 Å². The number of urea groups is 1. The summed E-state index contributed by atoms with van der Waals surface area (Å²) in [6.07, 6.45) is 9.33. The number of pyridine rings is 1. The first kappa shape index (κ1) is 18.8. The van der Waals surface area contributed by atoms with Gasteiger partial charge in [-0.1, -0.05) is 12.2 Å². The molecule has 1 aliphatic carbocycles. The van der Waals surface area contributed by atoms with Crippen LogP contribution in [0.25, 0.3) is 0 Å². The molecule has 2 amide bonds. The molecule has 1 heterocycles. The predicted molar refractivity (Wildman–Crippen MR) is 104 cm³/mol. The minimum atomic E-state index is -0.154. The number of aromatic nitrogens is 1. The fourth-order valence-corrected chi connectivity index (χ4v) is 2.90. The molecule has 1 aromatic carbocycles. The molecule has 0 spiro atoms. The van der Waals surface area contributed by atoms with Crippen LogP contribution in [0.2, 0.25) is 0 Å². The second kappa shape index (κ2) is 9.62. The molecular weight excluding hydrogens is 342 g/mol. The summed E-state index contributed by atoms with van der Waals surface area (Å²) in [6, 6.07) is 10.8. The second-order valence-corrected chi connectivity index (χ2v) is 6.49. The van der Waals surface area contributed by atoms with E-state index in [1.165, 1.54) is 0 Å². The summed E-state index contributed by atoms with van der Waals surface area (Å²) in [7, 11) is 1.62. The van der Waals surface area contributed by atoms with Crippen molar-refractivity contribution >= 4 is 6.03 Å². The molecule has 2 N–H and O–H groups in total. The van der Waals surface area contributed by atoms with Gasteiger partial charge in [0, 0.05) is 25.4 Å². The number of hydrogen-bond donors (Lipinski definition) is 2. The lowest BCUT2D eigenvalue weighted by Crippen LogP contribution is -2.38. The highest BCUT2D eigenvalue weighted by Crippen LogP contribution is 2.22. The highest BCUT2D eigenvalue weighted by atomic mass is 16.5. The molecule has 1 atom stereocenters. The lowest BCUT2D eigenvalue weighted by atomic mass is 9.94. The minimum Gasteiger partial charge on any atom is -0.497 e. The van der Waals surface area contributed by atoms with Gasteiger partial charge in [-0.15, -0.1) is 0 Å². The topological polar surface area (TPSA) is 72.5 Å². The molecule has 0 saturated carbocycles. The number of hydrogen-bond acceptors (Lipinski definition) is 4. The Kier molecular flexibility index (Phi) is 6.68. The fourth-order valence-electron chi connectivity index (χ4n) is 2.90. The normalized spacial score (nSPS) is 15.8. The summed E-state index contributed by atoms with van der Waals surface area (Å²) < 4.78 is 10.9. The molecule has 27 heavy (non-hydrogen) atoms. The summed E-state index contributed by atoms with van der Waals surface area (Å²) in [5.74, 6) is 2.45. The summed E-state index contributed by atoms with van der Waals surface area (Å²) in [6.45, 7) is 1.12. The van der Waals surface area contributed by atoms with E-state index in [2.05, 4.69) is 27.8 Å². The van der Waals surface area contributed by atoms with E-state index in [9.17, 15) is 4.79 Å². The van der Waals surface area contributed by atoms with Crippen LogP contribution in [0.3, 0.4) is 0 Å². The fraction of sp³-hybridized carbons (Fsp3) is 0.333. The average Bonchev–Trinajstić information content (AvgIpc) is 2.72. The molecule has 142 valence electrons. The van der Waals surface area contributed by atoms with Gasteiger partial charge in [-0.3, -0.25) is 0 Å². The number of benzene rings is 1. The van der Waals surface area contributed by atoms with Crippen LogP contribution >= 0.6 is 0 Å². The number of rotatable bonds is 7. The van der Waals surface area contributed by atoms with Crippen LogP contribution < -0.4 is 20.1 Å². The lowest BCUT2D eigenvalue weighted by Gasteiger charge is -2.18. The summed E-state index contributed by atoms with van der Waals surface area (Å²) in [4.78, 5) is 16.2. The Bertz CT molecular complexity index is 774. The molecular formula is C21H25N3O3. The Morgan fingerprint density at radius 3 is 2.70 bits per heavy atom. The number of methoxy groups -OCH3 is 1. The van der Waals surface area contributed by atoms with E-state index < -0.39 is 0 Å². The number of amides is 2. The SMILES string of the molecule is COc1ccc(Oc2cc(CNC(=O)NC[C@H]3CC=CCC3)ccn2)cc1. The van der Waals surface area contributed by atoms with E-state index in [0.29, 0.717) is 30.6 Å². The zero-order valence-electron chi connectivity index (χ0n) is 15.5. The Morgan fingerprint density at radius 2 is 1.96 bits per heavy atom. The number of ether oxygens (including phenoxy) is 2. The van der Waals surface area contributed by atoms with Gasteiger partial charge in [0.2, 0.25) is 5.88 Å². The smallest absolute Gasteiger partial charge is 0.315 e. The molecule has 6 nitrogen and oxygen atoms in total. The number of carbonyl (C=O) groups is 1. The summed E-state index contributed by atoms with van der Waals surface area (Å²) in [5.41, 5.74) is 0.921. The molecule has 1 aromatic heterocycles. The van der Waals surface area contributed by atoms with Gasteiger partial charge in [0.25, 0.3) is 0 Å². The average molecular weight is 367 g/mol. The van der Waals surface area contributed by atoms with Crippen molar-refractivity contribution in [1.29, 1.82) is 0 Å². The van der Waals surface area contributed by atoms with Gasteiger partial charge in [0.15, 0.2) is 0 Å². The Morgan fingerprint density at radius 1 is 1.15 bits per heavy atom. The van der Waals surface area contributed by atoms with E-state index in [1.807, 2.05) is 36.4 Å². The third kappa shape index (κ3) is 6.02. The zero-order chi connectivity index (χ0) is 18.9. The number of nitrogens with one attached hydrogen (secondary N) is 2. The van der Waals surface area contributed by atoms with Gasteiger partial charge in [0.1, 0.15) is 11.5 Å². The van der Waals surface area contributed by atoms with Gasteiger partial charge in [-0.05, 0) is 61.1 Å². The van der Waals surface area contributed by atoms with Crippen molar-refractivity contribution in [2.75, 3.05) is 13.7 Å². The van der Waals surface area contributed by atoms with Crippen molar-refractivity contribution in [3.05, 3.63) is 60.3 Å². The van der Waals surface area contributed by atoms with Gasteiger partial charge < -0.3 is 20.1 Å². The Hall–Kier alpha value is -3.02. The van der Waals surface area contributed by atoms with E-state index >= 15 is 0 Å². The Balaban J connectivity index is 1.46. The first-order valence-corrected chi connectivity index (χ1v) is 9.16. The van der Waals surface area contributed by atoms with Gasteiger partial charge in [0.05, 0.1) is 7.11 Å². The third-order valence-corrected chi connectivity index (χ3v) is 4.46. The lowest BCUT2D eigenvalue weighted by molar-refractivity contribution is 0.238. The zero-order valence-corrected chi connectivity index (χ0v) is 15.5. The molecule has 0 fully saturated rings. The first-order valence-electron chi connectivity index (χ1n) is 9.16. The van der Waals surface area contributed by atoms with Gasteiger partial charge >= 0.3 is 6.03 Å². The van der Waals surface area contributed by atoms with Crippen LogP contribution in [-0.2, 0) is 6.54 Å². The van der Waals surface area contributed by atoms with Crippen LogP contribution in [-0.4, -0.2) is 24.7 Å². The molecule has 0 radical (unpaired) electrons. The maximum absolute atomic E-state index is 12.0. The summed E-state index contributed by atoms with van der Waals surface area (Å²) in [5, 5.41) is 5.82. The van der Waals surface area contributed by atoms with Gasteiger partial charge in [-0.2, -0.15) is 0 Å². The number of carbonyl (C=O) groups excluding carboxylic acids is 1. The van der Waals surface area contributed by atoms with E-state index in [0.717, 1.165) is 30.6 Å². The molecule has 0 bridgehead atoms. The highest BCUT2D eigenvalue weighted by Gasteiger charge is 2.11. The van der Waals surface area contributed by atoms with E-state index in [1.54, 1.807) is 13.3 Å². The van der Waals surface area contributed by atoms with Gasteiger partial charge in [-0.25, -0.2) is 9.78 Å². The largest absolute Gasteiger partial charge is 0.497 e. The third-order valence-electron chi connectivity index (χ3n) is 4.46. The monoisotopic (exact) mass is 367 g/mol.